The Morgan fingerprint density at radius 3 is 2.41 bits per heavy atom. The summed E-state index contributed by atoms with van der Waals surface area (Å²) >= 11 is 0. The maximum atomic E-state index is 16.0. The van der Waals surface area contributed by atoms with Gasteiger partial charge in [0.05, 0.1) is 12.4 Å². The number of sulfonamides is 1. The molecule has 0 aliphatic carbocycles. The molecule has 32 heavy (non-hydrogen) atoms. The number of benzene rings is 2. The minimum absolute atomic E-state index is 0.0477. The van der Waals surface area contributed by atoms with E-state index < -0.39 is 40.2 Å². The van der Waals surface area contributed by atoms with E-state index in [-0.39, 0.29) is 18.5 Å². The van der Waals surface area contributed by atoms with Crippen LogP contribution in [0, 0.1) is 0 Å². The number of nitrogens with zero attached hydrogens (tertiary/aromatic N) is 1. The highest BCUT2D eigenvalue weighted by Crippen LogP contribution is 2.41. The largest absolute Gasteiger partial charge is 0.447 e. The molecule has 3 rings (SSSR count). The fourth-order valence-electron chi connectivity index (χ4n) is 4.02. The summed E-state index contributed by atoms with van der Waals surface area (Å²) in [4.78, 5) is 13.6. The SMILES string of the molecule is CC(C)OC(=O)N1CCCC(NS(C)(=O)=O)C1C(F)(F)c1cccc(-c2ccccc2)c1. The molecule has 1 N–H and O–H groups in total. The van der Waals surface area contributed by atoms with E-state index in [1.54, 1.807) is 19.9 Å². The van der Waals surface area contributed by atoms with Crippen molar-refractivity contribution >= 4 is 16.1 Å². The molecule has 0 radical (unpaired) electrons. The van der Waals surface area contributed by atoms with E-state index in [9.17, 15) is 13.2 Å². The van der Waals surface area contributed by atoms with E-state index in [1.165, 1.54) is 18.2 Å². The average Bonchev–Trinajstić information content (AvgIpc) is 2.72. The van der Waals surface area contributed by atoms with E-state index in [1.807, 2.05) is 30.3 Å². The average molecular weight is 467 g/mol. The number of hydrogen-bond acceptors (Lipinski definition) is 4. The van der Waals surface area contributed by atoms with E-state index >= 15 is 8.78 Å². The van der Waals surface area contributed by atoms with Crippen LogP contribution >= 0.6 is 0 Å². The van der Waals surface area contributed by atoms with Gasteiger partial charge in [-0.3, -0.25) is 4.90 Å². The molecule has 1 fully saturated rings. The summed E-state index contributed by atoms with van der Waals surface area (Å²) in [7, 11) is -3.78. The number of rotatable bonds is 6. The van der Waals surface area contributed by atoms with Crippen LogP contribution in [-0.4, -0.2) is 50.4 Å². The Labute approximate surface area is 187 Å². The summed E-state index contributed by atoms with van der Waals surface area (Å²) in [5.41, 5.74) is 1.08. The summed E-state index contributed by atoms with van der Waals surface area (Å²) in [6, 6.07) is 12.2. The summed E-state index contributed by atoms with van der Waals surface area (Å²) in [6.45, 7) is 3.31. The molecule has 2 aromatic rings. The second-order valence-corrected chi connectivity index (χ2v) is 10.1. The minimum atomic E-state index is -3.78. The maximum Gasteiger partial charge on any atom is 0.410 e. The monoisotopic (exact) mass is 466 g/mol. The van der Waals surface area contributed by atoms with Crippen molar-refractivity contribution in [2.45, 2.75) is 50.8 Å². The summed E-state index contributed by atoms with van der Waals surface area (Å²) in [5, 5.41) is 0. The highest BCUT2D eigenvalue weighted by molar-refractivity contribution is 7.88. The van der Waals surface area contributed by atoms with Gasteiger partial charge in [0.1, 0.15) is 6.04 Å². The zero-order chi connectivity index (χ0) is 23.5. The zero-order valence-corrected chi connectivity index (χ0v) is 19.1. The van der Waals surface area contributed by atoms with Gasteiger partial charge in [0.15, 0.2) is 0 Å². The van der Waals surface area contributed by atoms with E-state index in [0.717, 1.165) is 16.7 Å². The number of ether oxygens (including phenoxy) is 1. The molecule has 2 aromatic carbocycles. The van der Waals surface area contributed by atoms with Crippen LogP contribution in [0.1, 0.15) is 32.3 Å². The lowest BCUT2D eigenvalue weighted by molar-refractivity contribution is -0.105. The normalized spacial score (nSPS) is 19.8. The predicted molar refractivity (Wildman–Crippen MR) is 119 cm³/mol. The first kappa shape index (κ1) is 24.1. The van der Waals surface area contributed by atoms with Crippen LogP contribution in [0.5, 0.6) is 0 Å². The first-order valence-corrected chi connectivity index (χ1v) is 12.4. The Kier molecular flexibility index (Phi) is 7.19. The number of halogens is 2. The molecule has 6 nitrogen and oxygen atoms in total. The second-order valence-electron chi connectivity index (χ2n) is 8.28. The number of likely N-dealkylation sites (tertiary alicyclic amines) is 1. The van der Waals surface area contributed by atoms with Gasteiger partial charge in [0, 0.05) is 18.2 Å². The molecule has 0 aromatic heterocycles. The molecule has 2 unspecified atom stereocenters. The lowest BCUT2D eigenvalue weighted by Gasteiger charge is -2.44. The molecule has 1 amide bonds. The predicted octanol–water partition coefficient (Wildman–Crippen LogP) is 4.37. The lowest BCUT2D eigenvalue weighted by atomic mass is 9.87. The molecular weight excluding hydrogens is 438 g/mol. The van der Waals surface area contributed by atoms with Crippen molar-refractivity contribution in [3.05, 3.63) is 60.2 Å². The van der Waals surface area contributed by atoms with Crippen molar-refractivity contribution in [1.29, 1.82) is 0 Å². The summed E-state index contributed by atoms with van der Waals surface area (Å²) in [5.74, 6) is -3.54. The van der Waals surface area contributed by atoms with Gasteiger partial charge in [-0.1, -0.05) is 48.5 Å². The molecule has 1 saturated heterocycles. The van der Waals surface area contributed by atoms with Crippen molar-refractivity contribution < 1.29 is 26.7 Å². The number of amides is 1. The molecule has 2 atom stereocenters. The van der Waals surface area contributed by atoms with Gasteiger partial charge in [-0.2, -0.15) is 8.78 Å². The number of carbonyl (C=O) groups excluding carboxylic acids is 1. The van der Waals surface area contributed by atoms with Crippen LogP contribution in [0.25, 0.3) is 11.1 Å². The van der Waals surface area contributed by atoms with Crippen LogP contribution in [0.4, 0.5) is 13.6 Å². The molecule has 9 heteroatoms. The Hall–Kier alpha value is -2.52. The number of piperidine rings is 1. The molecule has 0 bridgehead atoms. The number of alkyl halides is 2. The molecule has 174 valence electrons. The lowest BCUT2D eigenvalue weighted by Crippen LogP contribution is -2.63. The van der Waals surface area contributed by atoms with Gasteiger partial charge in [0.25, 0.3) is 5.92 Å². The summed E-state index contributed by atoms with van der Waals surface area (Å²) in [6.07, 6.45) is 0.0861. The van der Waals surface area contributed by atoms with Crippen LogP contribution < -0.4 is 4.72 Å². The first-order chi connectivity index (χ1) is 15.0. The smallest absolute Gasteiger partial charge is 0.410 e. The second kappa shape index (κ2) is 9.54. The van der Waals surface area contributed by atoms with Gasteiger partial charge >= 0.3 is 6.09 Å². The maximum absolute atomic E-state index is 16.0. The quantitative estimate of drug-likeness (QED) is 0.686. The molecule has 1 aliphatic heterocycles. The first-order valence-electron chi connectivity index (χ1n) is 10.5. The third-order valence-electron chi connectivity index (χ3n) is 5.29. The van der Waals surface area contributed by atoms with E-state index in [4.69, 9.17) is 4.74 Å². The highest BCUT2D eigenvalue weighted by Gasteiger charge is 2.53. The Balaban J connectivity index is 2.05. The zero-order valence-electron chi connectivity index (χ0n) is 18.3. The Bertz CT molecular complexity index is 1040. The van der Waals surface area contributed by atoms with Crippen molar-refractivity contribution in [2.75, 3.05) is 12.8 Å². The minimum Gasteiger partial charge on any atom is -0.447 e. The van der Waals surface area contributed by atoms with Crippen molar-refractivity contribution in [2.24, 2.45) is 0 Å². The summed E-state index contributed by atoms with van der Waals surface area (Å²) < 4.78 is 63.4. The fraction of sp³-hybridized carbons (Fsp3) is 0.435. The third kappa shape index (κ3) is 5.63. The number of carbonyl (C=O) groups is 1. The molecule has 0 saturated carbocycles. The van der Waals surface area contributed by atoms with Crippen molar-refractivity contribution in [1.82, 2.24) is 9.62 Å². The van der Waals surface area contributed by atoms with Gasteiger partial charge in [-0.15, -0.1) is 0 Å². The van der Waals surface area contributed by atoms with Crippen LogP contribution in [0.2, 0.25) is 0 Å². The molecule has 1 aliphatic rings. The van der Waals surface area contributed by atoms with Crippen molar-refractivity contribution in [3.8, 4) is 11.1 Å². The topological polar surface area (TPSA) is 75.7 Å². The standard InChI is InChI=1S/C23H28F2N2O4S/c1-16(2)31-22(28)27-14-8-13-20(26-32(3,29)30)21(27)23(24,25)19-12-7-11-18(15-19)17-9-5-4-6-10-17/h4-7,9-12,15-16,20-21,26H,8,13-14H2,1-3H3. The molecular formula is C23H28F2N2O4S. The highest BCUT2D eigenvalue weighted by atomic mass is 32.2. The van der Waals surface area contributed by atoms with Gasteiger partial charge < -0.3 is 4.74 Å². The fourth-order valence-corrected chi connectivity index (χ4v) is 4.82. The van der Waals surface area contributed by atoms with Crippen molar-refractivity contribution in [3.63, 3.8) is 0 Å². The van der Waals surface area contributed by atoms with Gasteiger partial charge in [-0.25, -0.2) is 17.9 Å². The number of nitrogens with one attached hydrogen (secondary N) is 1. The molecule has 1 heterocycles. The Morgan fingerprint density at radius 2 is 1.78 bits per heavy atom. The van der Waals surface area contributed by atoms with Gasteiger partial charge in [0.2, 0.25) is 10.0 Å². The van der Waals surface area contributed by atoms with E-state index in [0.29, 0.717) is 12.0 Å². The van der Waals surface area contributed by atoms with Crippen LogP contribution in [0.15, 0.2) is 54.6 Å². The third-order valence-corrected chi connectivity index (χ3v) is 6.02. The van der Waals surface area contributed by atoms with Crippen LogP contribution in [-0.2, 0) is 20.7 Å². The van der Waals surface area contributed by atoms with Crippen LogP contribution in [0.3, 0.4) is 0 Å². The Morgan fingerprint density at radius 1 is 1.12 bits per heavy atom. The van der Waals surface area contributed by atoms with E-state index in [2.05, 4.69) is 4.72 Å². The molecule has 0 spiro atoms. The number of hydrogen-bond donors (Lipinski definition) is 1. The van der Waals surface area contributed by atoms with Gasteiger partial charge in [-0.05, 0) is 43.9 Å².